The smallest absolute Gasteiger partial charge is 0.223 e. The van der Waals surface area contributed by atoms with E-state index >= 15 is 0 Å². The second-order valence-electron chi connectivity index (χ2n) is 6.68. The molecule has 0 bridgehead atoms. The largest absolute Gasteiger partial charge is 0.489 e. The number of carbonyl (C=O) groups is 1. The SMILES string of the molecule is NC/C(=C\F)COc1ccc(S(=O)(=O)CCCCCNC(=O)C2CC2)cc1. The highest BCUT2D eigenvalue weighted by molar-refractivity contribution is 7.91. The van der Waals surface area contributed by atoms with E-state index in [-0.39, 0.29) is 35.6 Å². The number of sulfone groups is 1. The standard InChI is InChI=1S/C19H27FN2O4S/c20-12-15(13-21)14-26-17-6-8-18(9-7-17)27(24,25)11-3-1-2-10-22-19(23)16-4-5-16/h6-9,12,16H,1-5,10-11,13-14,21H2,(H,22,23)/b15-12+. The molecule has 0 saturated heterocycles. The summed E-state index contributed by atoms with van der Waals surface area (Å²) in [7, 11) is -3.36. The van der Waals surface area contributed by atoms with Crippen molar-refractivity contribution < 1.29 is 22.3 Å². The van der Waals surface area contributed by atoms with E-state index in [9.17, 15) is 17.6 Å². The van der Waals surface area contributed by atoms with E-state index in [0.29, 0.717) is 30.6 Å². The second-order valence-corrected chi connectivity index (χ2v) is 8.79. The Bertz CT molecular complexity index is 743. The van der Waals surface area contributed by atoms with E-state index in [2.05, 4.69) is 5.32 Å². The van der Waals surface area contributed by atoms with E-state index in [1.165, 1.54) is 12.1 Å². The van der Waals surface area contributed by atoms with Gasteiger partial charge in [-0.15, -0.1) is 0 Å². The average Bonchev–Trinajstić information content (AvgIpc) is 3.51. The quantitative estimate of drug-likeness (QED) is 0.527. The molecule has 1 aliphatic rings. The monoisotopic (exact) mass is 398 g/mol. The van der Waals surface area contributed by atoms with Crippen molar-refractivity contribution in [3.8, 4) is 5.75 Å². The van der Waals surface area contributed by atoms with Crippen LogP contribution in [0.4, 0.5) is 4.39 Å². The molecule has 2 rings (SSSR count). The minimum Gasteiger partial charge on any atom is -0.489 e. The lowest BCUT2D eigenvalue weighted by atomic mass is 10.2. The fourth-order valence-corrected chi connectivity index (χ4v) is 3.84. The summed E-state index contributed by atoms with van der Waals surface area (Å²) in [6, 6.07) is 6.07. The Hall–Kier alpha value is -1.93. The first-order valence-electron chi connectivity index (χ1n) is 9.18. The Balaban J connectivity index is 1.70. The van der Waals surface area contributed by atoms with E-state index in [0.717, 1.165) is 25.7 Å². The molecule has 0 heterocycles. The van der Waals surface area contributed by atoms with Crippen LogP contribution in [0.1, 0.15) is 32.1 Å². The number of hydrogen-bond acceptors (Lipinski definition) is 5. The molecule has 1 amide bonds. The zero-order valence-electron chi connectivity index (χ0n) is 15.3. The highest BCUT2D eigenvalue weighted by Crippen LogP contribution is 2.28. The molecule has 1 aromatic rings. The van der Waals surface area contributed by atoms with Crippen LogP contribution >= 0.6 is 0 Å². The van der Waals surface area contributed by atoms with Gasteiger partial charge in [-0.05, 0) is 49.9 Å². The van der Waals surface area contributed by atoms with Gasteiger partial charge >= 0.3 is 0 Å². The van der Waals surface area contributed by atoms with Crippen molar-refractivity contribution in [2.24, 2.45) is 11.7 Å². The molecule has 1 fully saturated rings. The molecule has 150 valence electrons. The first-order chi connectivity index (χ1) is 13.0. The lowest BCUT2D eigenvalue weighted by Crippen LogP contribution is -2.25. The molecule has 1 aliphatic carbocycles. The van der Waals surface area contributed by atoms with Crippen molar-refractivity contribution in [3.63, 3.8) is 0 Å². The molecule has 0 atom stereocenters. The van der Waals surface area contributed by atoms with Crippen molar-refractivity contribution in [3.05, 3.63) is 36.2 Å². The van der Waals surface area contributed by atoms with Crippen LogP contribution in [0.5, 0.6) is 5.75 Å². The van der Waals surface area contributed by atoms with Crippen LogP contribution in [0.15, 0.2) is 41.1 Å². The first kappa shape index (κ1) is 21.4. The minimum absolute atomic E-state index is 0.0242. The summed E-state index contributed by atoms with van der Waals surface area (Å²) in [5, 5.41) is 2.87. The third-order valence-electron chi connectivity index (χ3n) is 4.36. The number of hydrogen-bond donors (Lipinski definition) is 2. The fourth-order valence-electron chi connectivity index (χ4n) is 2.47. The van der Waals surface area contributed by atoms with Gasteiger partial charge < -0.3 is 15.8 Å². The van der Waals surface area contributed by atoms with Gasteiger partial charge in [0.1, 0.15) is 12.4 Å². The Morgan fingerprint density at radius 3 is 2.52 bits per heavy atom. The number of unbranched alkanes of at least 4 members (excludes halogenated alkanes) is 2. The van der Waals surface area contributed by atoms with Gasteiger partial charge in [0.15, 0.2) is 9.84 Å². The predicted octanol–water partition coefficient (Wildman–Crippen LogP) is 2.35. The molecule has 0 aromatic heterocycles. The zero-order chi connectivity index (χ0) is 19.7. The van der Waals surface area contributed by atoms with Crippen LogP contribution < -0.4 is 15.8 Å². The molecule has 0 spiro atoms. The van der Waals surface area contributed by atoms with E-state index < -0.39 is 9.84 Å². The lowest BCUT2D eigenvalue weighted by molar-refractivity contribution is -0.122. The van der Waals surface area contributed by atoms with Gasteiger partial charge in [-0.3, -0.25) is 4.79 Å². The molecule has 0 radical (unpaired) electrons. The van der Waals surface area contributed by atoms with Gasteiger partial charge in [0.25, 0.3) is 0 Å². The van der Waals surface area contributed by atoms with Crippen LogP contribution in [0, 0.1) is 5.92 Å². The molecule has 1 saturated carbocycles. The number of amides is 1. The Morgan fingerprint density at radius 2 is 1.93 bits per heavy atom. The Morgan fingerprint density at radius 1 is 1.22 bits per heavy atom. The lowest BCUT2D eigenvalue weighted by Gasteiger charge is -2.09. The number of halogens is 1. The molecule has 1 aromatic carbocycles. The van der Waals surface area contributed by atoms with Gasteiger partial charge in [-0.2, -0.15) is 0 Å². The molecule has 0 aliphatic heterocycles. The number of ether oxygens (including phenoxy) is 1. The van der Waals surface area contributed by atoms with E-state index in [4.69, 9.17) is 10.5 Å². The number of nitrogens with one attached hydrogen (secondary N) is 1. The predicted molar refractivity (Wildman–Crippen MR) is 102 cm³/mol. The second kappa shape index (κ2) is 10.4. The minimum atomic E-state index is -3.36. The molecular weight excluding hydrogens is 371 g/mol. The Labute approximate surface area is 159 Å². The van der Waals surface area contributed by atoms with Crippen molar-refractivity contribution >= 4 is 15.7 Å². The maximum absolute atomic E-state index is 12.4. The Kier molecular flexibility index (Phi) is 8.24. The number of rotatable bonds is 12. The molecule has 6 nitrogen and oxygen atoms in total. The summed E-state index contributed by atoms with van der Waals surface area (Å²) in [5.74, 6) is 0.831. The number of nitrogens with two attached hydrogens (primary N) is 1. The van der Waals surface area contributed by atoms with Gasteiger partial charge in [0.05, 0.1) is 17.0 Å². The highest BCUT2D eigenvalue weighted by atomic mass is 32.2. The van der Waals surface area contributed by atoms with Crippen molar-refractivity contribution in [1.82, 2.24) is 5.32 Å². The molecular formula is C19H27FN2O4S. The van der Waals surface area contributed by atoms with Gasteiger partial charge in [0, 0.05) is 24.6 Å². The molecule has 0 unspecified atom stereocenters. The summed E-state index contributed by atoms with van der Waals surface area (Å²) < 4.78 is 42.5. The maximum Gasteiger partial charge on any atom is 0.223 e. The van der Waals surface area contributed by atoms with Crippen molar-refractivity contribution in [2.45, 2.75) is 37.0 Å². The number of benzene rings is 1. The van der Waals surface area contributed by atoms with E-state index in [1.54, 1.807) is 12.1 Å². The molecule has 8 heteroatoms. The van der Waals surface area contributed by atoms with Gasteiger partial charge in [-0.1, -0.05) is 6.42 Å². The zero-order valence-corrected chi connectivity index (χ0v) is 16.1. The fraction of sp³-hybridized carbons (Fsp3) is 0.526. The first-order valence-corrected chi connectivity index (χ1v) is 10.8. The maximum atomic E-state index is 12.4. The van der Waals surface area contributed by atoms with E-state index in [1.807, 2.05) is 0 Å². The summed E-state index contributed by atoms with van der Waals surface area (Å²) in [5.41, 5.74) is 5.67. The van der Waals surface area contributed by atoms with Crippen LogP contribution in [0.2, 0.25) is 0 Å². The summed E-state index contributed by atoms with van der Waals surface area (Å²) in [4.78, 5) is 11.7. The summed E-state index contributed by atoms with van der Waals surface area (Å²) >= 11 is 0. The highest BCUT2D eigenvalue weighted by Gasteiger charge is 2.28. The van der Waals surface area contributed by atoms with Gasteiger partial charge in [0.2, 0.25) is 5.91 Å². The van der Waals surface area contributed by atoms with Crippen molar-refractivity contribution in [2.75, 3.05) is 25.4 Å². The van der Waals surface area contributed by atoms with Crippen LogP contribution in [0.25, 0.3) is 0 Å². The van der Waals surface area contributed by atoms with Crippen LogP contribution in [-0.4, -0.2) is 39.8 Å². The average molecular weight is 399 g/mol. The van der Waals surface area contributed by atoms with Gasteiger partial charge in [-0.25, -0.2) is 12.8 Å². The summed E-state index contributed by atoms with van der Waals surface area (Å²) in [6.45, 7) is 0.684. The third kappa shape index (κ3) is 7.30. The topological polar surface area (TPSA) is 98.5 Å². The number of carbonyl (C=O) groups excluding carboxylic acids is 1. The van der Waals surface area contributed by atoms with Crippen LogP contribution in [-0.2, 0) is 14.6 Å². The third-order valence-corrected chi connectivity index (χ3v) is 6.18. The normalized spacial score (nSPS) is 14.8. The van der Waals surface area contributed by atoms with Crippen molar-refractivity contribution in [1.29, 1.82) is 0 Å². The van der Waals surface area contributed by atoms with Crippen LogP contribution in [0.3, 0.4) is 0 Å². The molecule has 3 N–H and O–H groups in total. The molecule has 27 heavy (non-hydrogen) atoms. The summed E-state index contributed by atoms with van der Waals surface area (Å²) in [6.07, 6.45) is 4.43.